The molecule has 1 aliphatic heterocycles. The second kappa shape index (κ2) is 7.84. The lowest BCUT2D eigenvalue weighted by molar-refractivity contribution is -0.140. The molecule has 0 saturated heterocycles. The Kier molecular flexibility index (Phi) is 5.32. The summed E-state index contributed by atoms with van der Waals surface area (Å²) in [6.45, 7) is 0. The van der Waals surface area contributed by atoms with Gasteiger partial charge in [-0.15, -0.1) is 0 Å². The Morgan fingerprint density at radius 1 is 1.14 bits per heavy atom. The Morgan fingerprint density at radius 2 is 1.86 bits per heavy atom. The lowest BCUT2D eigenvalue weighted by atomic mass is 9.80. The minimum absolute atomic E-state index is 0.00753. The van der Waals surface area contributed by atoms with Crippen LogP contribution < -0.4 is 5.73 Å². The lowest BCUT2D eigenvalue weighted by Gasteiger charge is -2.28. The van der Waals surface area contributed by atoms with Crippen LogP contribution in [0.15, 0.2) is 65.3 Å². The first-order valence-electron chi connectivity index (χ1n) is 8.45. The van der Waals surface area contributed by atoms with Crippen molar-refractivity contribution in [2.24, 2.45) is 5.73 Å². The maximum Gasteiger partial charge on any atom is 0.338 e. The first-order valence-corrected chi connectivity index (χ1v) is 8.45. The van der Waals surface area contributed by atoms with Crippen LogP contribution in [0, 0.1) is 11.3 Å². The third-order valence-electron chi connectivity index (χ3n) is 4.57. The van der Waals surface area contributed by atoms with Crippen LogP contribution >= 0.6 is 0 Å². The predicted molar refractivity (Wildman–Crippen MR) is 100 cm³/mol. The maximum absolute atomic E-state index is 12.7. The van der Waals surface area contributed by atoms with Crippen LogP contribution in [0.5, 0.6) is 0 Å². The topological polar surface area (TPSA) is 112 Å². The molecule has 1 unspecified atom stereocenters. The molecule has 2 aromatic carbocycles. The first-order chi connectivity index (χ1) is 13.5. The number of methoxy groups -OCH3 is 2. The van der Waals surface area contributed by atoms with E-state index in [0.717, 1.165) is 10.8 Å². The highest BCUT2D eigenvalue weighted by molar-refractivity contribution is 5.96. The third-order valence-corrected chi connectivity index (χ3v) is 4.57. The van der Waals surface area contributed by atoms with Crippen molar-refractivity contribution in [1.82, 2.24) is 0 Å². The van der Waals surface area contributed by atoms with Gasteiger partial charge in [-0.25, -0.2) is 4.79 Å². The summed E-state index contributed by atoms with van der Waals surface area (Å²) in [6, 6.07) is 15.2. The number of nitriles is 1. The Bertz CT molecular complexity index is 1060. The van der Waals surface area contributed by atoms with E-state index in [1.807, 2.05) is 48.5 Å². The van der Waals surface area contributed by atoms with Gasteiger partial charge in [0.05, 0.1) is 25.7 Å². The van der Waals surface area contributed by atoms with Crippen LogP contribution in [0.2, 0.25) is 0 Å². The summed E-state index contributed by atoms with van der Waals surface area (Å²) in [4.78, 5) is 24.5. The van der Waals surface area contributed by atoms with Gasteiger partial charge in [0.15, 0.2) is 0 Å². The van der Waals surface area contributed by atoms with E-state index >= 15 is 0 Å². The molecular weight excluding hydrogens is 360 g/mol. The summed E-state index contributed by atoms with van der Waals surface area (Å²) in [5.41, 5.74) is 6.78. The molecule has 0 fully saturated rings. The molecule has 0 amide bonds. The summed E-state index contributed by atoms with van der Waals surface area (Å²) in [5, 5.41) is 11.5. The fourth-order valence-electron chi connectivity index (χ4n) is 3.30. The van der Waals surface area contributed by atoms with Crippen LogP contribution in [0.3, 0.4) is 0 Å². The summed E-state index contributed by atoms with van der Waals surface area (Å²) in [6.07, 6.45) is -0.318. The van der Waals surface area contributed by atoms with E-state index in [2.05, 4.69) is 4.74 Å². The minimum atomic E-state index is -0.836. The molecule has 28 heavy (non-hydrogen) atoms. The third kappa shape index (κ3) is 3.28. The highest BCUT2D eigenvalue weighted by Crippen LogP contribution is 2.42. The fraction of sp³-hybridized carbons (Fsp3) is 0.190. The van der Waals surface area contributed by atoms with Crippen molar-refractivity contribution in [3.05, 3.63) is 70.8 Å². The van der Waals surface area contributed by atoms with Gasteiger partial charge < -0.3 is 19.9 Å². The number of fused-ring (bicyclic) bond motifs is 1. The number of benzene rings is 2. The summed E-state index contributed by atoms with van der Waals surface area (Å²) < 4.78 is 15.1. The van der Waals surface area contributed by atoms with Gasteiger partial charge >= 0.3 is 11.9 Å². The van der Waals surface area contributed by atoms with Crippen LogP contribution in [-0.2, 0) is 23.8 Å². The zero-order chi connectivity index (χ0) is 20.3. The molecule has 0 aromatic heterocycles. The van der Waals surface area contributed by atoms with Gasteiger partial charge in [0.1, 0.15) is 23.8 Å². The zero-order valence-corrected chi connectivity index (χ0v) is 15.4. The number of nitrogens with zero attached hydrogens (tertiary/aromatic N) is 1. The number of carbonyl (C=O) groups excluding carboxylic acids is 2. The van der Waals surface area contributed by atoms with Crippen LogP contribution in [0.1, 0.15) is 17.9 Å². The van der Waals surface area contributed by atoms with Crippen molar-refractivity contribution in [1.29, 1.82) is 5.26 Å². The smallest absolute Gasteiger partial charge is 0.338 e. The van der Waals surface area contributed by atoms with Gasteiger partial charge in [0, 0.05) is 0 Å². The molecule has 1 atom stereocenters. The summed E-state index contributed by atoms with van der Waals surface area (Å²) in [7, 11) is 2.45. The Morgan fingerprint density at radius 3 is 2.54 bits per heavy atom. The number of ether oxygens (including phenoxy) is 3. The van der Waals surface area contributed by atoms with Gasteiger partial charge in [-0.2, -0.15) is 5.26 Å². The molecule has 2 N–H and O–H groups in total. The molecule has 142 valence electrons. The zero-order valence-electron chi connectivity index (χ0n) is 15.4. The largest absolute Gasteiger partial charge is 0.469 e. The monoisotopic (exact) mass is 378 g/mol. The molecule has 7 heteroatoms. The Labute approximate surface area is 161 Å². The molecule has 0 bridgehead atoms. The van der Waals surface area contributed by atoms with Gasteiger partial charge in [0.2, 0.25) is 5.88 Å². The normalized spacial score (nSPS) is 16.4. The number of hydrogen-bond acceptors (Lipinski definition) is 7. The second-order valence-corrected chi connectivity index (χ2v) is 6.07. The van der Waals surface area contributed by atoms with E-state index in [1.165, 1.54) is 14.2 Å². The SMILES string of the molecule is COC(=O)CC1=C(C(=O)OC)C(c2cccc3ccccc23)C(C#N)=C(N)O1. The number of allylic oxidation sites excluding steroid dienone is 1. The van der Waals surface area contributed by atoms with E-state index in [4.69, 9.17) is 15.2 Å². The molecule has 3 rings (SSSR count). The Hall–Kier alpha value is -3.79. The molecule has 0 radical (unpaired) electrons. The molecular formula is C21H18N2O5. The second-order valence-electron chi connectivity index (χ2n) is 6.07. The van der Waals surface area contributed by atoms with Crippen LogP contribution in [-0.4, -0.2) is 26.2 Å². The molecule has 0 aliphatic carbocycles. The van der Waals surface area contributed by atoms with Crippen molar-refractivity contribution in [3.63, 3.8) is 0 Å². The molecule has 1 heterocycles. The molecule has 7 nitrogen and oxygen atoms in total. The van der Waals surface area contributed by atoms with Gasteiger partial charge in [-0.05, 0) is 16.3 Å². The molecule has 2 aromatic rings. The standard InChI is InChI=1S/C21H18N2O5/c1-26-17(24)10-16-19(21(25)27-2)18(15(11-22)20(23)28-16)14-9-5-7-12-6-3-4-8-13(12)14/h3-9,18H,10,23H2,1-2H3. The lowest BCUT2D eigenvalue weighted by Crippen LogP contribution is -2.27. The number of esters is 2. The highest BCUT2D eigenvalue weighted by Gasteiger charge is 2.38. The van der Waals surface area contributed by atoms with E-state index in [0.29, 0.717) is 5.56 Å². The van der Waals surface area contributed by atoms with Crippen molar-refractivity contribution >= 4 is 22.7 Å². The molecule has 0 spiro atoms. The van der Waals surface area contributed by atoms with E-state index in [1.54, 1.807) is 0 Å². The molecule has 0 saturated carbocycles. The first kappa shape index (κ1) is 19.0. The minimum Gasteiger partial charge on any atom is -0.469 e. The van der Waals surface area contributed by atoms with Gasteiger partial charge in [-0.3, -0.25) is 4.79 Å². The average Bonchev–Trinajstić information content (AvgIpc) is 2.72. The van der Waals surface area contributed by atoms with Crippen molar-refractivity contribution in [2.45, 2.75) is 12.3 Å². The quantitative estimate of drug-likeness (QED) is 0.814. The Balaban J connectivity index is 2.31. The van der Waals surface area contributed by atoms with Crippen molar-refractivity contribution < 1.29 is 23.8 Å². The predicted octanol–water partition coefficient (Wildman–Crippen LogP) is 2.64. The van der Waals surface area contributed by atoms with Gasteiger partial charge in [0.25, 0.3) is 0 Å². The maximum atomic E-state index is 12.7. The van der Waals surface area contributed by atoms with E-state index < -0.39 is 17.9 Å². The summed E-state index contributed by atoms with van der Waals surface area (Å²) in [5.74, 6) is -2.31. The molecule has 1 aliphatic rings. The van der Waals surface area contributed by atoms with Crippen molar-refractivity contribution in [3.8, 4) is 6.07 Å². The van der Waals surface area contributed by atoms with Gasteiger partial charge in [-0.1, -0.05) is 42.5 Å². The van der Waals surface area contributed by atoms with Crippen molar-refractivity contribution in [2.75, 3.05) is 14.2 Å². The van der Waals surface area contributed by atoms with Crippen LogP contribution in [0.4, 0.5) is 0 Å². The van der Waals surface area contributed by atoms with E-state index in [9.17, 15) is 14.9 Å². The highest BCUT2D eigenvalue weighted by atomic mass is 16.5. The average molecular weight is 378 g/mol. The summed E-state index contributed by atoms with van der Waals surface area (Å²) >= 11 is 0. The van der Waals surface area contributed by atoms with Crippen LogP contribution in [0.25, 0.3) is 10.8 Å². The fourth-order valence-corrected chi connectivity index (χ4v) is 3.30. The van der Waals surface area contributed by atoms with E-state index in [-0.39, 0.29) is 29.2 Å². The number of nitrogens with two attached hydrogens (primary N) is 1. The number of carbonyl (C=O) groups is 2. The number of hydrogen-bond donors (Lipinski definition) is 1. The number of rotatable bonds is 4.